The van der Waals surface area contributed by atoms with E-state index in [2.05, 4.69) is 0 Å². The summed E-state index contributed by atoms with van der Waals surface area (Å²) in [6.07, 6.45) is -5.35. The van der Waals surface area contributed by atoms with Gasteiger partial charge in [0, 0.05) is 12.6 Å². The van der Waals surface area contributed by atoms with E-state index in [0.717, 1.165) is 7.05 Å². The molecule has 0 fully saturated rings. The molecule has 26 heavy (non-hydrogen) atoms. The molecule has 3 N–H and O–H groups in total. The maximum Gasteiger partial charge on any atom is 0.425 e. The maximum absolute atomic E-state index is 13.9. The molecule has 1 aromatic carbocycles. The SMILES string of the molecule is Cn1c2c(c(=O)[nH]c1=O)[C@@](NC(=O)c1ccccc1)(C(F)(F)F)C(=O)N2. The van der Waals surface area contributed by atoms with E-state index in [1.54, 1.807) is 16.4 Å². The highest BCUT2D eigenvalue weighted by molar-refractivity contribution is 6.09. The van der Waals surface area contributed by atoms with Crippen molar-refractivity contribution in [2.24, 2.45) is 7.05 Å². The molecule has 11 heteroatoms. The molecule has 0 aliphatic carbocycles. The van der Waals surface area contributed by atoms with Gasteiger partial charge in [-0.1, -0.05) is 18.2 Å². The molecular weight excluding hydrogens is 357 g/mol. The monoisotopic (exact) mass is 368 g/mol. The van der Waals surface area contributed by atoms with Gasteiger partial charge in [0.25, 0.3) is 22.9 Å². The fraction of sp³-hybridized carbons (Fsp3) is 0.200. The number of nitrogens with zero attached hydrogens (tertiary/aromatic N) is 1. The highest BCUT2D eigenvalue weighted by atomic mass is 19.4. The zero-order chi connectivity index (χ0) is 19.3. The van der Waals surface area contributed by atoms with E-state index in [9.17, 15) is 32.3 Å². The summed E-state index contributed by atoms with van der Waals surface area (Å²) >= 11 is 0. The number of hydrogen-bond donors (Lipinski definition) is 3. The third kappa shape index (κ3) is 2.31. The minimum absolute atomic E-state index is 0.140. The van der Waals surface area contributed by atoms with Crippen LogP contribution in [0.15, 0.2) is 39.9 Å². The predicted molar refractivity (Wildman–Crippen MR) is 82.6 cm³/mol. The fourth-order valence-electron chi connectivity index (χ4n) is 2.72. The van der Waals surface area contributed by atoms with Crippen LogP contribution in [0.1, 0.15) is 15.9 Å². The Labute approximate surface area is 142 Å². The summed E-state index contributed by atoms with van der Waals surface area (Å²) in [6.45, 7) is 0. The Kier molecular flexibility index (Phi) is 3.74. The average Bonchev–Trinajstić information content (AvgIpc) is 2.87. The van der Waals surface area contributed by atoms with Crippen LogP contribution in [0, 0.1) is 0 Å². The van der Waals surface area contributed by atoms with Gasteiger partial charge in [-0.2, -0.15) is 13.2 Å². The molecule has 1 aliphatic heterocycles. The Morgan fingerprint density at radius 2 is 1.77 bits per heavy atom. The lowest BCUT2D eigenvalue weighted by Gasteiger charge is -2.30. The molecule has 0 bridgehead atoms. The zero-order valence-electron chi connectivity index (χ0n) is 13.1. The largest absolute Gasteiger partial charge is 0.425 e. The quantitative estimate of drug-likeness (QED) is 0.703. The van der Waals surface area contributed by atoms with Gasteiger partial charge in [0.15, 0.2) is 0 Å². The topological polar surface area (TPSA) is 113 Å². The lowest BCUT2D eigenvalue weighted by Crippen LogP contribution is -2.62. The Balaban J connectivity index is 2.26. The molecule has 136 valence electrons. The number of rotatable bonds is 2. The van der Waals surface area contributed by atoms with Crippen LogP contribution in [0.4, 0.5) is 19.0 Å². The molecule has 3 rings (SSSR count). The molecular formula is C15H11F3N4O4. The van der Waals surface area contributed by atoms with Crippen molar-refractivity contribution >= 4 is 17.6 Å². The molecule has 1 aromatic heterocycles. The zero-order valence-corrected chi connectivity index (χ0v) is 13.1. The summed E-state index contributed by atoms with van der Waals surface area (Å²) in [5.74, 6) is -3.52. The molecule has 1 aliphatic rings. The number of aromatic amines is 1. The number of amides is 2. The summed E-state index contributed by atoms with van der Waals surface area (Å²) in [6, 6.07) is 6.90. The highest BCUT2D eigenvalue weighted by Crippen LogP contribution is 2.44. The minimum atomic E-state index is -5.35. The van der Waals surface area contributed by atoms with Crippen LogP contribution < -0.4 is 21.9 Å². The summed E-state index contributed by atoms with van der Waals surface area (Å²) < 4.78 is 42.4. The molecule has 1 atom stereocenters. The van der Waals surface area contributed by atoms with Crippen molar-refractivity contribution in [1.82, 2.24) is 14.9 Å². The number of anilines is 1. The molecule has 0 saturated carbocycles. The molecule has 0 unspecified atom stereocenters. The molecule has 0 radical (unpaired) electrons. The van der Waals surface area contributed by atoms with Crippen molar-refractivity contribution < 1.29 is 22.8 Å². The van der Waals surface area contributed by atoms with Crippen molar-refractivity contribution in [3.63, 3.8) is 0 Å². The molecule has 2 aromatic rings. The van der Waals surface area contributed by atoms with Crippen LogP contribution in [-0.2, 0) is 17.4 Å². The number of halogens is 3. The molecule has 2 heterocycles. The summed E-state index contributed by atoms with van der Waals surface area (Å²) in [4.78, 5) is 50.0. The first-order valence-electron chi connectivity index (χ1n) is 7.19. The Morgan fingerprint density at radius 1 is 1.15 bits per heavy atom. The van der Waals surface area contributed by atoms with E-state index in [1.807, 2.05) is 5.32 Å². The van der Waals surface area contributed by atoms with E-state index in [0.29, 0.717) is 4.57 Å². The third-order valence-electron chi connectivity index (χ3n) is 4.03. The predicted octanol–water partition coefficient (Wildman–Crippen LogP) is 0.213. The number of H-pyrrole nitrogens is 1. The van der Waals surface area contributed by atoms with Gasteiger partial charge in [-0.3, -0.25) is 23.9 Å². The Bertz CT molecular complexity index is 1030. The molecule has 0 spiro atoms. The lowest BCUT2D eigenvalue weighted by atomic mass is 9.91. The van der Waals surface area contributed by atoms with Crippen LogP contribution in [0.3, 0.4) is 0 Å². The van der Waals surface area contributed by atoms with Gasteiger partial charge < -0.3 is 10.6 Å². The van der Waals surface area contributed by atoms with Crippen LogP contribution in [0.2, 0.25) is 0 Å². The van der Waals surface area contributed by atoms with Gasteiger partial charge >= 0.3 is 11.9 Å². The Morgan fingerprint density at radius 3 is 2.35 bits per heavy atom. The van der Waals surface area contributed by atoms with Crippen LogP contribution in [0.25, 0.3) is 0 Å². The van der Waals surface area contributed by atoms with Crippen molar-refractivity contribution in [1.29, 1.82) is 0 Å². The number of fused-ring (bicyclic) bond motifs is 1. The van der Waals surface area contributed by atoms with E-state index < -0.39 is 46.2 Å². The number of benzene rings is 1. The van der Waals surface area contributed by atoms with Crippen LogP contribution >= 0.6 is 0 Å². The Hall–Kier alpha value is -3.37. The van der Waals surface area contributed by atoms with Gasteiger partial charge in [-0.05, 0) is 12.1 Å². The van der Waals surface area contributed by atoms with E-state index in [4.69, 9.17) is 0 Å². The minimum Gasteiger partial charge on any atom is -0.326 e. The van der Waals surface area contributed by atoms with Crippen molar-refractivity contribution in [3.8, 4) is 0 Å². The van der Waals surface area contributed by atoms with Gasteiger partial charge in [0.05, 0.1) is 0 Å². The first-order chi connectivity index (χ1) is 12.1. The standard InChI is InChI=1S/C15H11F3N4O4/c1-22-9-8(11(24)20-13(22)26)14(12(25)19-9,15(16,17)18)21-10(23)7-5-3-2-4-6-7/h2-6H,1H3,(H,19,25)(H,21,23)(H,20,24,26)/t14-/m0/s1. The fourth-order valence-corrected chi connectivity index (χ4v) is 2.72. The molecule has 8 nitrogen and oxygen atoms in total. The van der Waals surface area contributed by atoms with Gasteiger partial charge in [-0.25, -0.2) is 4.79 Å². The van der Waals surface area contributed by atoms with E-state index >= 15 is 0 Å². The highest BCUT2D eigenvalue weighted by Gasteiger charge is 2.68. The number of carbonyl (C=O) groups excluding carboxylic acids is 2. The average molecular weight is 368 g/mol. The summed E-state index contributed by atoms with van der Waals surface area (Å²) in [7, 11) is 1.07. The van der Waals surface area contributed by atoms with Gasteiger partial charge in [-0.15, -0.1) is 0 Å². The van der Waals surface area contributed by atoms with Crippen molar-refractivity contribution in [2.45, 2.75) is 11.7 Å². The van der Waals surface area contributed by atoms with Gasteiger partial charge in [0.1, 0.15) is 11.4 Å². The molecule has 2 amide bonds. The van der Waals surface area contributed by atoms with Crippen LogP contribution in [-0.4, -0.2) is 27.5 Å². The summed E-state index contributed by atoms with van der Waals surface area (Å²) in [5.41, 5.74) is -7.30. The van der Waals surface area contributed by atoms with E-state index in [-0.39, 0.29) is 5.56 Å². The smallest absolute Gasteiger partial charge is 0.326 e. The lowest BCUT2D eigenvalue weighted by molar-refractivity contribution is -0.196. The second kappa shape index (κ2) is 5.58. The molecule has 0 saturated heterocycles. The van der Waals surface area contributed by atoms with Crippen molar-refractivity contribution in [2.75, 3.05) is 5.32 Å². The number of alkyl halides is 3. The number of aromatic nitrogens is 2. The first kappa shape index (κ1) is 17.5. The number of carbonyl (C=O) groups is 2. The summed E-state index contributed by atoms with van der Waals surface area (Å²) in [5, 5.41) is 3.50. The maximum atomic E-state index is 13.9. The van der Waals surface area contributed by atoms with Crippen LogP contribution in [0.5, 0.6) is 0 Å². The van der Waals surface area contributed by atoms with Gasteiger partial charge in [0.2, 0.25) is 0 Å². The number of hydrogen-bond acceptors (Lipinski definition) is 4. The second-order valence-corrected chi connectivity index (χ2v) is 5.56. The first-order valence-corrected chi connectivity index (χ1v) is 7.19. The van der Waals surface area contributed by atoms with Crippen molar-refractivity contribution in [3.05, 3.63) is 62.3 Å². The second-order valence-electron chi connectivity index (χ2n) is 5.56. The van der Waals surface area contributed by atoms with E-state index in [1.165, 1.54) is 24.3 Å². The third-order valence-corrected chi connectivity index (χ3v) is 4.03. The normalized spacial score (nSPS) is 19.0. The number of nitrogens with one attached hydrogen (secondary N) is 3.